The van der Waals surface area contributed by atoms with Crippen LogP contribution in [0.25, 0.3) is 0 Å². The number of nitrogens with zero attached hydrogens (tertiary/aromatic N) is 1. The first-order valence-corrected chi connectivity index (χ1v) is 6.87. The monoisotopic (exact) mass is 281 g/mol. The van der Waals surface area contributed by atoms with Gasteiger partial charge in [0.15, 0.2) is 0 Å². The van der Waals surface area contributed by atoms with E-state index < -0.39 is 15.8 Å². The van der Waals surface area contributed by atoms with E-state index in [-0.39, 0.29) is 10.6 Å². The molecule has 19 heavy (non-hydrogen) atoms. The third kappa shape index (κ3) is 2.82. The van der Waals surface area contributed by atoms with Crippen LogP contribution in [0.1, 0.15) is 5.56 Å². The van der Waals surface area contributed by atoms with Crippen LogP contribution in [0.15, 0.2) is 41.6 Å². The topological polar surface area (TPSA) is 85.1 Å². The summed E-state index contributed by atoms with van der Waals surface area (Å²) < 4.78 is 39.5. The molecule has 5 nitrogen and oxygen atoms in total. The number of nitrogens with one attached hydrogen (secondary N) is 1. The molecule has 0 saturated heterocycles. The van der Waals surface area contributed by atoms with E-state index in [0.29, 0.717) is 11.3 Å². The molecule has 0 fully saturated rings. The number of benzene rings is 1. The van der Waals surface area contributed by atoms with Crippen LogP contribution < -0.4 is 10.5 Å². The number of hydrogen-bond donors (Lipinski definition) is 2. The molecule has 0 aliphatic rings. The fourth-order valence-corrected chi connectivity index (χ4v) is 2.70. The highest BCUT2D eigenvalue weighted by atomic mass is 32.2. The van der Waals surface area contributed by atoms with E-state index in [4.69, 9.17) is 5.73 Å². The number of aryl methyl sites for hydroxylation is 1. The zero-order valence-electron chi connectivity index (χ0n) is 10.1. The number of sulfonamides is 1. The van der Waals surface area contributed by atoms with E-state index in [1.807, 2.05) is 0 Å². The predicted molar refractivity (Wildman–Crippen MR) is 70.6 cm³/mol. The van der Waals surface area contributed by atoms with Gasteiger partial charge >= 0.3 is 0 Å². The molecular formula is C12H12FN3O2S. The summed E-state index contributed by atoms with van der Waals surface area (Å²) in [6, 6.07) is 5.91. The molecular weight excluding hydrogens is 269 g/mol. The van der Waals surface area contributed by atoms with Crippen molar-refractivity contribution in [3.8, 4) is 0 Å². The number of para-hydroxylation sites is 1. The first-order valence-electron chi connectivity index (χ1n) is 5.38. The lowest BCUT2D eigenvalue weighted by Gasteiger charge is -2.12. The lowest BCUT2D eigenvalue weighted by Crippen LogP contribution is -2.15. The standard InChI is InChI=1S/C12H12FN3O2S/c1-8-3-2-4-11(14)12(8)16-19(17,18)10-5-9(13)6-15-7-10/h2-7,16H,14H2,1H3. The molecule has 0 bridgehead atoms. The number of anilines is 2. The molecule has 0 radical (unpaired) electrons. The highest BCUT2D eigenvalue weighted by molar-refractivity contribution is 7.92. The second-order valence-corrected chi connectivity index (χ2v) is 5.67. The minimum atomic E-state index is -3.91. The molecule has 1 aromatic heterocycles. The fraction of sp³-hybridized carbons (Fsp3) is 0.0833. The van der Waals surface area contributed by atoms with Crippen molar-refractivity contribution in [1.82, 2.24) is 4.98 Å². The van der Waals surface area contributed by atoms with E-state index in [0.717, 1.165) is 18.5 Å². The second-order valence-electron chi connectivity index (χ2n) is 3.98. The number of hydrogen-bond acceptors (Lipinski definition) is 4. The van der Waals surface area contributed by atoms with Crippen molar-refractivity contribution in [1.29, 1.82) is 0 Å². The van der Waals surface area contributed by atoms with Gasteiger partial charge in [-0.15, -0.1) is 0 Å². The number of nitrogens with two attached hydrogens (primary N) is 1. The third-order valence-electron chi connectivity index (χ3n) is 2.53. The number of nitrogen functional groups attached to an aromatic ring is 1. The van der Waals surface area contributed by atoms with E-state index in [2.05, 4.69) is 9.71 Å². The molecule has 1 aromatic carbocycles. The molecule has 0 unspecified atom stereocenters. The van der Waals surface area contributed by atoms with Crippen LogP contribution in [0.2, 0.25) is 0 Å². The Hall–Kier alpha value is -2.15. The molecule has 0 atom stereocenters. The summed E-state index contributed by atoms with van der Waals surface area (Å²) in [6.45, 7) is 1.72. The maximum Gasteiger partial charge on any atom is 0.263 e. The highest BCUT2D eigenvalue weighted by Crippen LogP contribution is 2.25. The molecule has 0 saturated carbocycles. The average Bonchev–Trinajstić information content (AvgIpc) is 2.34. The van der Waals surface area contributed by atoms with Gasteiger partial charge in [0, 0.05) is 6.20 Å². The summed E-state index contributed by atoms with van der Waals surface area (Å²) in [5, 5.41) is 0. The highest BCUT2D eigenvalue weighted by Gasteiger charge is 2.17. The Kier molecular flexibility index (Phi) is 3.39. The van der Waals surface area contributed by atoms with Gasteiger partial charge in [0.1, 0.15) is 10.7 Å². The van der Waals surface area contributed by atoms with E-state index in [1.165, 1.54) is 0 Å². The van der Waals surface area contributed by atoms with Gasteiger partial charge < -0.3 is 5.73 Å². The van der Waals surface area contributed by atoms with Crippen molar-refractivity contribution in [2.24, 2.45) is 0 Å². The molecule has 0 aliphatic heterocycles. The number of rotatable bonds is 3. The van der Waals surface area contributed by atoms with Crippen LogP contribution in [0.3, 0.4) is 0 Å². The summed E-state index contributed by atoms with van der Waals surface area (Å²) in [4.78, 5) is 3.26. The number of aromatic nitrogens is 1. The van der Waals surface area contributed by atoms with Crippen molar-refractivity contribution in [2.75, 3.05) is 10.5 Å². The summed E-state index contributed by atoms with van der Waals surface area (Å²) in [5.41, 5.74) is 6.98. The molecule has 7 heteroatoms. The average molecular weight is 281 g/mol. The van der Waals surface area contributed by atoms with Crippen LogP contribution in [0.4, 0.5) is 15.8 Å². The van der Waals surface area contributed by atoms with Crippen LogP contribution in [-0.4, -0.2) is 13.4 Å². The normalized spacial score (nSPS) is 11.3. The van der Waals surface area contributed by atoms with E-state index in [1.54, 1.807) is 25.1 Å². The van der Waals surface area contributed by atoms with Crippen molar-refractivity contribution in [3.63, 3.8) is 0 Å². The van der Waals surface area contributed by atoms with Gasteiger partial charge in [-0.2, -0.15) is 0 Å². The minimum absolute atomic E-state index is 0.254. The first kappa shape index (κ1) is 13.3. The molecule has 3 N–H and O–H groups in total. The number of pyridine rings is 1. The Morgan fingerprint density at radius 1 is 1.32 bits per heavy atom. The second kappa shape index (κ2) is 4.85. The Morgan fingerprint density at radius 2 is 2.05 bits per heavy atom. The van der Waals surface area contributed by atoms with Gasteiger partial charge in [-0.3, -0.25) is 9.71 Å². The van der Waals surface area contributed by atoms with E-state index in [9.17, 15) is 12.8 Å². The maximum atomic E-state index is 13.0. The summed E-state index contributed by atoms with van der Waals surface area (Å²) in [6.07, 6.45) is 2.00. The Morgan fingerprint density at radius 3 is 2.68 bits per heavy atom. The molecule has 100 valence electrons. The first-order chi connectivity index (χ1) is 8.90. The van der Waals surface area contributed by atoms with Gasteiger partial charge in [0.05, 0.1) is 17.6 Å². The van der Waals surface area contributed by atoms with Crippen molar-refractivity contribution < 1.29 is 12.8 Å². The van der Waals surface area contributed by atoms with Gasteiger partial charge in [-0.25, -0.2) is 12.8 Å². The Bertz CT molecular complexity index is 696. The van der Waals surface area contributed by atoms with Crippen molar-refractivity contribution in [3.05, 3.63) is 48.0 Å². The lowest BCUT2D eigenvalue weighted by molar-refractivity contribution is 0.592. The van der Waals surface area contributed by atoms with Gasteiger partial charge in [-0.1, -0.05) is 12.1 Å². The summed E-state index contributed by atoms with van der Waals surface area (Å²) in [5.74, 6) is -0.722. The Labute approximate surface area is 110 Å². The fourth-order valence-electron chi connectivity index (χ4n) is 1.56. The van der Waals surface area contributed by atoms with Crippen LogP contribution >= 0.6 is 0 Å². The zero-order chi connectivity index (χ0) is 14.0. The molecule has 2 aromatic rings. The third-order valence-corrected chi connectivity index (χ3v) is 3.85. The summed E-state index contributed by atoms with van der Waals surface area (Å²) in [7, 11) is -3.91. The summed E-state index contributed by atoms with van der Waals surface area (Å²) >= 11 is 0. The largest absolute Gasteiger partial charge is 0.397 e. The Balaban J connectivity index is 2.42. The minimum Gasteiger partial charge on any atom is -0.397 e. The predicted octanol–water partition coefficient (Wildman–Crippen LogP) is 1.91. The molecule has 0 amide bonds. The van der Waals surface area contributed by atoms with Crippen LogP contribution in [0, 0.1) is 12.7 Å². The molecule has 2 rings (SSSR count). The number of halogens is 1. The van der Waals surface area contributed by atoms with Gasteiger partial charge in [-0.05, 0) is 24.6 Å². The van der Waals surface area contributed by atoms with E-state index >= 15 is 0 Å². The zero-order valence-corrected chi connectivity index (χ0v) is 10.9. The molecule has 1 heterocycles. The van der Waals surface area contributed by atoms with Crippen molar-refractivity contribution >= 4 is 21.4 Å². The quantitative estimate of drug-likeness (QED) is 0.842. The van der Waals surface area contributed by atoms with Crippen LogP contribution in [-0.2, 0) is 10.0 Å². The molecule has 0 aliphatic carbocycles. The SMILES string of the molecule is Cc1cccc(N)c1NS(=O)(=O)c1cncc(F)c1. The maximum absolute atomic E-state index is 13.0. The van der Waals surface area contributed by atoms with Gasteiger partial charge in [0.2, 0.25) is 0 Å². The lowest BCUT2D eigenvalue weighted by atomic mass is 10.2. The molecule has 0 spiro atoms. The smallest absolute Gasteiger partial charge is 0.263 e. The van der Waals surface area contributed by atoms with Crippen molar-refractivity contribution in [2.45, 2.75) is 11.8 Å². The van der Waals surface area contributed by atoms with Gasteiger partial charge in [0.25, 0.3) is 10.0 Å². The van der Waals surface area contributed by atoms with Crippen LogP contribution in [0.5, 0.6) is 0 Å².